The zero-order valence-electron chi connectivity index (χ0n) is 17.1. The van der Waals surface area contributed by atoms with Crippen molar-refractivity contribution in [2.24, 2.45) is 7.05 Å². The minimum Gasteiger partial charge on any atom is -0.379 e. The normalized spacial score (nSPS) is 15.8. The van der Waals surface area contributed by atoms with Gasteiger partial charge in [0.2, 0.25) is 0 Å². The summed E-state index contributed by atoms with van der Waals surface area (Å²) >= 11 is 6.32. The van der Waals surface area contributed by atoms with Crippen molar-refractivity contribution >= 4 is 17.5 Å². The van der Waals surface area contributed by atoms with E-state index in [1.165, 1.54) is 0 Å². The van der Waals surface area contributed by atoms with Crippen molar-refractivity contribution in [1.82, 2.24) is 19.9 Å². The van der Waals surface area contributed by atoms with Gasteiger partial charge in [-0.05, 0) is 25.1 Å². The van der Waals surface area contributed by atoms with Crippen molar-refractivity contribution in [3.63, 3.8) is 0 Å². The average Bonchev–Trinajstić information content (AvgIpc) is 3.35. The highest BCUT2D eigenvalue weighted by Gasteiger charge is 2.27. The van der Waals surface area contributed by atoms with E-state index in [1.54, 1.807) is 13.0 Å². The molecule has 1 unspecified atom stereocenters. The average molecular weight is 429 g/mol. The number of benzene rings is 1. The predicted molar refractivity (Wildman–Crippen MR) is 115 cm³/mol. The Bertz CT molecular complexity index is 1020. The van der Waals surface area contributed by atoms with Gasteiger partial charge >= 0.3 is 0 Å². The van der Waals surface area contributed by atoms with Gasteiger partial charge in [-0.3, -0.25) is 9.69 Å². The number of hydrogen-bond donors (Lipinski definition) is 1. The van der Waals surface area contributed by atoms with Crippen LogP contribution in [0.3, 0.4) is 0 Å². The number of nitrogens with one attached hydrogen (secondary N) is 1. The summed E-state index contributed by atoms with van der Waals surface area (Å²) in [6, 6.07) is 11.4. The van der Waals surface area contributed by atoms with Gasteiger partial charge < -0.3 is 19.1 Å². The van der Waals surface area contributed by atoms with Crippen molar-refractivity contribution in [1.29, 1.82) is 0 Å². The van der Waals surface area contributed by atoms with E-state index in [9.17, 15) is 4.79 Å². The van der Waals surface area contributed by atoms with Gasteiger partial charge in [-0.25, -0.2) is 0 Å². The molecule has 3 aromatic rings. The number of carbonyl (C=O) groups excluding carboxylic acids is 1. The van der Waals surface area contributed by atoms with Gasteiger partial charge in [0.05, 0.1) is 24.3 Å². The Kier molecular flexibility index (Phi) is 6.22. The fourth-order valence-electron chi connectivity index (χ4n) is 3.88. The molecule has 1 atom stereocenters. The molecular weight excluding hydrogens is 404 g/mol. The molecule has 8 heteroatoms. The molecule has 0 spiro atoms. The van der Waals surface area contributed by atoms with E-state index < -0.39 is 0 Å². The second-order valence-electron chi connectivity index (χ2n) is 7.36. The van der Waals surface area contributed by atoms with Crippen LogP contribution in [0.4, 0.5) is 0 Å². The molecule has 1 saturated heterocycles. The summed E-state index contributed by atoms with van der Waals surface area (Å²) in [6.07, 6.45) is 2.02. The molecule has 158 valence electrons. The molecule has 7 nitrogen and oxygen atoms in total. The van der Waals surface area contributed by atoms with Crippen LogP contribution < -0.4 is 5.32 Å². The lowest BCUT2D eigenvalue weighted by molar-refractivity contribution is 0.0148. The molecule has 1 amide bonds. The summed E-state index contributed by atoms with van der Waals surface area (Å²) in [4.78, 5) is 15.5. The maximum absolute atomic E-state index is 13.2. The summed E-state index contributed by atoms with van der Waals surface area (Å²) in [6.45, 7) is 5.22. The molecule has 0 saturated carbocycles. The Labute approximate surface area is 180 Å². The van der Waals surface area contributed by atoms with Crippen molar-refractivity contribution in [2.45, 2.75) is 13.0 Å². The molecule has 2 aromatic heterocycles. The lowest BCUT2D eigenvalue weighted by Crippen LogP contribution is -2.44. The Morgan fingerprint density at radius 2 is 2.00 bits per heavy atom. The Morgan fingerprint density at radius 3 is 2.70 bits per heavy atom. The van der Waals surface area contributed by atoms with Crippen molar-refractivity contribution in [3.8, 4) is 11.3 Å². The Hall–Kier alpha value is -2.61. The Morgan fingerprint density at radius 1 is 1.23 bits per heavy atom. The van der Waals surface area contributed by atoms with Gasteiger partial charge in [0.25, 0.3) is 5.91 Å². The molecule has 1 aliphatic rings. The molecule has 0 aliphatic carbocycles. The van der Waals surface area contributed by atoms with Gasteiger partial charge in [0.1, 0.15) is 17.0 Å². The molecule has 4 rings (SSSR count). The predicted octanol–water partition coefficient (Wildman–Crippen LogP) is 3.45. The van der Waals surface area contributed by atoms with Crippen LogP contribution in [0.15, 0.2) is 47.1 Å². The summed E-state index contributed by atoms with van der Waals surface area (Å²) in [5, 5.41) is 7.71. The first kappa shape index (κ1) is 20.7. The smallest absolute Gasteiger partial charge is 0.257 e. The van der Waals surface area contributed by atoms with Crippen LogP contribution in [0.1, 0.15) is 27.9 Å². The molecular formula is C22H25ClN4O3. The van der Waals surface area contributed by atoms with Crippen LogP contribution >= 0.6 is 11.6 Å². The number of halogens is 1. The van der Waals surface area contributed by atoms with Crippen molar-refractivity contribution in [3.05, 3.63) is 64.6 Å². The topological polar surface area (TPSA) is 72.5 Å². The molecule has 1 fully saturated rings. The third-order valence-corrected chi connectivity index (χ3v) is 5.82. The van der Waals surface area contributed by atoms with Crippen LogP contribution in [0.2, 0.25) is 5.02 Å². The number of aryl methyl sites for hydroxylation is 2. The molecule has 1 aromatic carbocycles. The first-order valence-corrected chi connectivity index (χ1v) is 10.4. The lowest BCUT2D eigenvalue weighted by atomic mass is 10.1. The highest BCUT2D eigenvalue weighted by atomic mass is 35.5. The summed E-state index contributed by atoms with van der Waals surface area (Å²) in [7, 11) is 2.02. The number of nitrogens with zero attached hydrogens (tertiary/aromatic N) is 3. The largest absolute Gasteiger partial charge is 0.379 e. The van der Waals surface area contributed by atoms with E-state index in [0.717, 1.165) is 18.8 Å². The van der Waals surface area contributed by atoms with Crippen LogP contribution in [0, 0.1) is 6.92 Å². The standard InChI is InChI=1S/C22H25ClN4O3/c1-15-20(21(25-30-15)16-6-3-4-7-17(16)23)22(28)24-14-19(18-8-5-9-26(18)2)27-10-12-29-13-11-27/h3-9,19H,10-14H2,1-2H3,(H,24,28). The fourth-order valence-corrected chi connectivity index (χ4v) is 4.11. The number of amides is 1. The van der Waals surface area contributed by atoms with Crippen LogP contribution in [-0.2, 0) is 11.8 Å². The molecule has 1 aliphatic heterocycles. The first-order chi connectivity index (χ1) is 14.6. The third-order valence-electron chi connectivity index (χ3n) is 5.49. The number of rotatable bonds is 6. The highest BCUT2D eigenvalue weighted by molar-refractivity contribution is 6.33. The quantitative estimate of drug-likeness (QED) is 0.651. The van der Waals surface area contributed by atoms with Crippen molar-refractivity contribution < 1.29 is 14.1 Å². The minimum absolute atomic E-state index is 0.0433. The van der Waals surface area contributed by atoms with Gasteiger partial charge in [-0.1, -0.05) is 35.0 Å². The molecule has 30 heavy (non-hydrogen) atoms. The second-order valence-corrected chi connectivity index (χ2v) is 7.77. The van der Waals surface area contributed by atoms with Gasteiger partial charge in [-0.2, -0.15) is 0 Å². The van der Waals surface area contributed by atoms with Gasteiger partial charge in [0.15, 0.2) is 0 Å². The van der Waals surface area contributed by atoms with E-state index >= 15 is 0 Å². The lowest BCUT2D eigenvalue weighted by Gasteiger charge is -2.35. The number of ether oxygens (including phenoxy) is 1. The maximum atomic E-state index is 13.2. The summed E-state index contributed by atoms with van der Waals surface area (Å²) < 4.78 is 12.9. The number of aromatic nitrogens is 2. The number of carbonyl (C=O) groups is 1. The minimum atomic E-state index is -0.226. The third kappa shape index (κ3) is 4.14. The SMILES string of the molecule is Cc1onc(-c2ccccc2Cl)c1C(=O)NCC(c1cccn1C)N1CCOCC1. The van der Waals surface area contributed by atoms with E-state index in [4.69, 9.17) is 20.9 Å². The van der Waals surface area contributed by atoms with Crippen LogP contribution in [-0.4, -0.2) is 53.4 Å². The van der Waals surface area contributed by atoms with E-state index in [0.29, 0.717) is 47.4 Å². The molecule has 0 bridgehead atoms. The van der Waals surface area contributed by atoms with E-state index in [2.05, 4.69) is 26.0 Å². The fraction of sp³-hybridized carbons (Fsp3) is 0.364. The zero-order valence-corrected chi connectivity index (χ0v) is 17.9. The second kappa shape index (κ2) is 9.04. The molecule has 3 heterocycles. The van der Waals surface area contributed by atoms with Gasteiger partial charge in [-0.15, -0.1) is 0 Å². The van der Waals surface area contributed by atoms with E-state index in [1.807, 2.05) is 37.5 Å². The molecule has 1 N–H and O–H groups in total. The number of hydrogen-bond acceptors (Lipinski definition) is 5. The monoisotopic (exact) mass is 428 g/mol. The zero-order chi connectivity index (χ0) is 21.1. The summed E-state index contributed by atoms with van der Waals surface area (Å²) in [5.74, 6) is 0.236. The van der Waals surface area contributed by atoms with E-state index in [-0.39, 0.29) is 11.9 Å². The van der Waals surface area contributed by atoms with Crippen LogP contribution in [0.25, 0.3) is 11.3 Å². The molecule has 0 radical (unpaired) electrons. The van der Waals surface area contributed by atoms with Crippen LogP contribution in [0.5, 0.6) is 0 Å². The maximum Gasteiger partial charge on any atom is 0.257 e. The van der Waals surface area contributed by atoms with Crippen molar-refractivity contribution in [2.75, 3.05) is 32.8 Å². The first-order valence-electron chi connectivity index (χ1n) is 9.98. The Balaban J connectivity index is 1.57. The number of morpholine rings is 1. The van der Waals surface area contributed by atoms with Gasteiger partial charge in [0, 0.05) is 44.1 Å². The highest BCUT2D eigenvalue weighted by Crippen LogP contribution is 2.31. The summed E-state index contributed by atoms with van der Waals surface area (Å²) in [5.41, 5.74) is 2.69.